The van der Waals surface area contributed by atoms with Gasteiger partial charge in [-0.2, -0.15) is 0 Å². The van der Waals surface area contributed by atoms with Gasteiger partial charge in [0.25, 0.3) is 0 Å². The Kier molecular flexibility index (Phi) is 5.67. The SMILES string of the molecule is CC(C)C(CNCc1sccc1Br)N1CCCC1. The Hall–Kier alpha value is 0.1000. The molecule has 1 unspecified atom stereocenters. The summed E-state index contributed by atoms with van der Waals surface area (Å²) in [4.78, 5) is 4.06. The number of nitrogens with one attached hydrogen (secondary N) is 1. The molecule has 0 radical (unpaired) electrons. The highest BCUT2D eigenvalue weighted by Gasteiger charge is 2.24. The summed E-state index contributed by atoms with van der Waals surface area (Å²) in [6.07, 6.45) is 2.75. The van der Waals surface area contributed by atoms with E-state index in [0.29, 0.717) is 6.04 Å². The third-order valence-electron chi connectivity index (χ3n) is 3.71. The van der Waals surface area contributed by atoms with Gasteiger partial charge in [-0.1, -0.05) is 13.8 Å². The Morgan fingerprint density at radius 1 is 1.39 bits per heavy atom. The van der Waals surface area contributed by atoms with E-state index in [0.717, 1.165) is 19.0 Å². The fourth-order valence-electron chi connectivity index (χ4n) is 2.64. The average Bonchev–Trinajstić information content (AvgIpc) is 2.96. The number of rotatable bonds is 6. The van der Waals surface area contributed by atoms with Crippen molar-refractivity contribution in [3.8, 4) is 0 Å². The quantitative estimate of drug-likeness (QED) is 0.855. The van der Waals surface area contributed by atoms with Gasteiger partial charge < -0.3 is 5.32 Å². The molecule has 0 aromatic carbocycles. The van der Waals surface area contributed by atoms with Crippen molar-refractivity contribution >= 4 is 27.3 Å². The van der Waals surface area contributed by atoms with Crippen molar-refractivity contribution in [2.45, 2.75) is 39.3 Å². The summed E-state index contributed by atoms with van der Waals surface area (Å²) in [5, 5.41) is 5.77. The van der Waals surface area contributed by atoms with Crippen molar-refractivity contribution in [2.24, 2.45) is 5.92 Å². The first-order valence-corrected chi connectivity index (χ1v) is 8.52. The van der Waals surface area contributed by atoms with E-state index in [1.165, 1.54) is 35.3 Å². The maximum absolute atomic E-state index is 3.63. The van der Waals surface area contributed by atoms with Gasteiger partial charge in [-0.25, -0.2) is 0 Å². The molecule has 1 aromatic rings. The minimum absolute atomic E-state index is 0.686. The lowest BCUT2D eigenvalue weighted by molar-refractivity contribution is 0.186. The Balaban J connectivity index is 1.80. The zero-order valence-electron chi connectivity index (χ0n) is 11.3. The summed E-state index contributed by atoms with van der Waals surface area (Å²) < 4.78 is 1.24. The number of hydrogen-bond acceptors (Lipinski definition) is 3. The van der Waals surface area contributed by atoms with E-state index in [9.17, 15) is 0 Å². The maximum Gasteiger partial charge on any atom is 0.0327 e. The standard InChI is InChI=1S/C14H23BrN2S/c1-11(2)13(17-6-3-4-7-17)9-16-10-14-12(15)5-8-18-14/h5,8,11,13,16H,3-4,6-7,9-10H2,1-2H3. The molecule has 2 rings (SSSR count). The highest BCUT2D eigenvalue weighted by Crippen LogP contribution is 2.22. The predicted octanol–water partition coefficient (Wildman–Crippen LogP) is 3.72. The van der Waals surface area contributed by atoms with Crippen LogP contribution in [-0.4, -0.2) is 30.6 Å². The van der Waals surface area contributed by atoms with Crippen LogP contribution in [-0.2, 0) is 6.54 Å². The minimum Gasteiger partial charge on any atom is -0.310 e. The van der Waals surface area contributed by atoms with Crippen LogP contribution in [0.5, 0.6) is 0 Å². The highest BCUT2D eigenvalue weighted by molar-refractivity contribution is 9.10. The Morgan fingerprint density at radius 3 is 2.67 bits per heavy atom. The van der Waals surface area contributed by atoms with Crippen LogP contribution in [0.3, 0.4) is 0 Å². The summed E-state index contributed by atoms with van der Waals surface area (Å²) in [6, 6.07) is 2.81. The molecule has 2 nitrogen and oxygen atoms in total. The van der Waals surface area contributed by atoms with E-state index in [-0.39, 0.29) is 0 Å². The van der Waals surface area contributed by atoms with Gasteiger partial charge in [0.15, 0.2) is 0 Å². The molecule has 1 saturated heterocycles. The normalized spacial score (nSPS) is 18.7. The van der Waals surface area contributed by atoms with Gasteiger partial charge in [0.2, 0.25) is 0 Å². The van der Waals surface area contributed by atoms with Crippen LogP contribution in [0, 0.1) is 5.92 Å². The van der Waals surface area contributed by atoms with Gasteiger partial charge in [-0.05, 0) is 59.2 Å². The lowest BCUT2D eigenvalue weighted by atomic mass is 10.0. The molecule has 1 N–H and O–H groups in total. The highest BCUT2D eigenvalue weighted by atomic mass is 79.9. The topological polar surface area (TPSA) is 15.3 Å². The van der Waals surface area contributed by atoms with Gasteiger partial charge >= 0.3 is 0 Å². The fourth-order valence-corrected chi connectivity index (χ4v) is 4.11. The first-order chi connectivity index (χ1) is 8.68. The summed E-state index contributed by atoms with van der Waals surface area (Å²) in [5.41, 5.74) is 0. The van der Waals surface area contributed by atoms with Crippen LogP contribution < -0.4 is 5.32 Å². The van der Waals surface area contributed by atoms with E-state index in [1.807, 2.05) is 11.3 Å². The van der Waals surface area contributed by atoms with E-state index < -0.39 is 0 Å². The third kappa shape index (κ3) is 3.80. The fraction of sp³-hybridized carbons (Fsp3) is 0.714. The zero-order chi connectivity index (χ0) is 13.0. The largest absolute Gasteiger partial charge is 0.310 e. The van der Waals surface area contributed by atoms with E-state index in [2.05, 4.69) is 51.4 Å². The average molecular weight is 331 g/mol. The second kappa shape index (κ2) is 7.04. The molecule has 1 aliphatic heterocycles. The molecule has 1 atom stereocenters. The molecule has 102 valence electrons. The molecule has 4 heteroatoms. The predicted molar refractivity (Wildman–Crippen MR) is 83.2 cm³/mol. The molecule has 0 amide bonds. The number of thiophene rings is 1. The summed E-state index contributed by atoms with van der Waals surface area (Å²) in [5.74, 6) is 0.724. The van der Waals surface area contributed by atoms with E-state index >= 15 is 0 Å². The van der Waals surface area contributed by atoms with Crippen LogP contribution in [0.15, 0.2) is 15.9 Å². The first-order valence-electron chi connectivity index (χ1n) is 6.85. The third-order valence-corrected chi connectivity index (χ3v) is 5.64. The van der Waals surface area contributed by atoms with Crippen LogP contribution in [0.25, 0.3) is 0 Å². The number of likely N-dealkylation sites (tertiary alicyclic amines) is 1. The molecule has 18 heavy (non-hydrogen) atoms. The molecule has 1 aliphatic rings. The van der Waals surface area contributed by atoms with Gasteiger partial charge in [0.1, 0.15) is 0 Å². The number of halogens is 1. The molecule has 1 aromatic heterocycles. The molecular weight excluding hydrogens is 308 g/mol. The summed E-state index contributed by atoms with van der Waals surface area (Å²) in [7, 11) is 0. The van der Waals surface area contributed by atoms with E-state index in [1.54, 1.807) is 0 Å². The van der Waals surface area contributed by atoms with Gasteiger partial charge in [-0.3, -0.25) is 4.90 Å². The second-order valence-corrected chi connectivity index (χ2v) is 7.23. The van der Waals surface area contributed by atoms with Gasteiger partial charge in [-0.15, -0.1) is 11.3 Å². The minimum atomic E-state index is 0.686. The van der Waals surface area contributed by atoms with Crippen molar-refractivity contribution < 1.29 is 0 Å². The lowest BCUT2D eigenvalue weighted by Crippen LogP contribution is -2.44. The molecule has 1 fully saturated rings. The van der Waals surface area contributed by atoms with Crippen molar-refractivity contribution in [3.05, 3.63) is 20.8 Å². The maximum atomic E-state index is 3.63. The van der Waals surface area contributed by atoms with Crippen molar-refractivity contribution in [2.75, 3.05) is 19.6 Å². The Labute approximate surface area is 123 Å². The Bertz CT molecular complexity index is 358. The van der Waals surface area contributed by atoms with Crippen molar-refractivity contribution in [1.29, 1.82) is 0 Å². The summed E-state index contributed by atoms with van der Waals surface area (Å²) >= 11 is 5.41. The molecule has 0 aliphatic carbocycles. The van der Waals surface area contributed by atoms with Crippen molar-refractivity contribution in [1.82, 2.24) is 10.2 Å². The van der Waals surface area contributed by atoms with Crippen LogP contribution in [0.1, 0.15) is 31.6 Å². The van der Waals surface area contributed by atoms with E-state index in [4.69, 9.17) is 0 Å². The van der Waals surface area contributed by atoms with Crippen LogP contribution in [0.4, 0.5) is 0 Å². The molecule has 0 bridgehead atoms. The van der Waals surface area contributed by atoms with Gasteiger partial charge in [0, 0.05) is 28.5 Å². The van der Waals surface area contributed by atoms with Crippen LogP contribution in [0.2, 0.25) is 0 Å². The smallest absolute Gasteiger partial charge is 0.0327 e. The zero-order valence-corrected chi connectivity index (χ0v) is 13.7. The molecular formula is C14H23BrN2S. The molecule has 2 heterocycles. The molecule has 0 spiro atoms. The molecule has 0 saturated carbocycles. The second-order valence-electron chi connectivity index (χ2n) is 5.38. The summed E-state index contributed by atoms with van der Waals surface area (Å²) in [6.45, 7) is 9.33. The lowest BCUT2D eigenvalue weighted by Gasteiger charge is -2.31. The van der Waals surface area contributed by atoms with Crippen LogP contribution >= 0.6 is 27.3 Å². The number of nitrogens with zero attached hydrogens (tertiary/aromatic N) is 1. The first kappa shape index (κ1) is 14.5. The number of hydrogen-bond donors (Lipinski definition) is 1. The van der Waals surface area contributed by atoms with Gasteiger partial charge in [0.05, 0.1) is 0 Å². The Morgan fingerprint density at radius 2 is 2.11 bits per heavy atom. The monoisotopic (exact) mass is 330 g/mol. The van der Waals surface area contributed by atoms with Crippen molar-refractivity contribution in [3.63, 3.8) is 0 Å².